The number of hydrogen-bond donors (Lipinski definition) is 2. The van der Waals surface area contributed by atoms with Gasteiger partial charge in [0.25, 0.3) is 0 Å². The van der Waals surface area contributed by atoms with Gasteiger partial charge in [0, 0.05) is 12.2 Å². The number of nitrogens with zero attached hydrogens (tertiary/aromatic N) is 2. The summed E-state index contributed by atoms with van der Waals surface area (Å²) in [4.78, 5) is 2.31. The van der Waals surface area contributed by atoms with E-state index in [1.807, 2.05) is 18.2 Å². The number of aliphatic hydroxyl groups is 1. The Balaban J connectivity index is 2.34. The summed E-state index contributed by atoms with van der Waals surface area (Å²) in [5.74, 6) is 0. The van der Waals surface area contributed by atoms with Gasteiger partial charge >= 0.3 is 0 Å². The van der Waals surface area contributed by atoms with Gasteiger partial charge in [-0.3, -0.25) is 0 Å². The number of nitrogen functional groups attached to an aromatic ring is 1. The summed E-state index contributed by atoms with van der Waals surface area (Å²) in [7, 11) is 8.84. The van der Waals surface area contributed by atoms with Gasteiger partial charge < -0.3 is 20.2 Å². The van der Waals surface area contributed by atoms with E-state index in [4.69, 9.17) is 5.73 Å². The first-order chi connectivity index (χ1) is 9.81. The third-order valence-corrected chi connectivity index (χ3v) is 3.71. The quantitative estimate of drug-likeness (QED) is 0.416. The largest absolute Gasteiger partial charge is 0.399 e. The summed E-state index contributed by atoms with van der Waals surface area (Å²) in [5, 5.41) is 9.38. The molecule has 0 spiro atoms. The van der Waals surface area contributed by atoms with Crippen LogP contribution in [0.1, 0.15) is 30.4 Å². The highest BCUT2D eigenvalue weighted by Crippen LogP contribution is 2.16. The molecule has 0 aliphatic heterocycles. The molecular weight excluding hydrogens is 262 g/mol. The molecule has 120 valence electrons. The van der Waals surface area contributed by atoms with Crippen molar-refractivity contribution >= 4 is 5.69 Å². The second-order valence-electron chi connectivity index (χ2n) is 7.00. The molecule has 0 heterocycles. The minimum atomic E-state index is 0.0763. The van der Waals surface area contributed by atoms with Crippen LogP contribution in [0.4, 0.5) is 5.69 Å². The molecule has 0 radical (unpaired) electrons. The van der Waals surface area contributed by atoms with Crippen LogP contribution in [0.25, 0.3) is 0 Å². The van der Waals surface area contributed by atoms with Crippen LogP contribution in [0.2, 0.25) is 0 Å². The predicted molar refractivity (Wildman–Crippen MR) is 89.9 cm³/mol. The highest BCUT2D eigenvalue weighted by atomic mass is 16.3. The third-order valence-electron chi connectivity index (χ3n) is 3.71. The topological polar surface area (TPSA) is 49.5 Å². The molecule has 0 unspecified atom stereocenters. The zero-order valence-corrected chi connectivity index (χ0v) is 14.1. The molecular formula is C17H32N3O+. The number of unbranched alkanes of at least 4 members (excludes halogenated alkanes) is 2. The Morgan fingerprint density at radius 1 is 1.10 bits per heavy atom. The summed E-state index contributed by atoms with van der Waals surface area (Å²) in [6, 6.07) is 5.73. The van der Waals surface area contributed by atoms with Gasteiger partial charge in [0.2, 0.25) is 0 Å². The van der Waals surface area contributed by atoms with Crippen LogP contribution >= 0.6 is 0 Å². The van der Waals surface area contributed by atoms with Crippen molar-refractivity contribution in [1.82, 2.24) is 4.90 Å². The van der Waals surface area contributed by atoms with Gasteiger partial charge in [0.1, 0.15) is 0 Å². The Hall–Kier alpha value is -1.10. The van der Waals surface area contributed by atoms with Gasteiger partial charge in [-0.25, -0.2) is 0 Å². The first-order valence-corrected chi connectivity index (χ1v) is 7.79. The van der Waals surface area contributed by atoms with E-state index in [1.54, 1.807) is 0 Å². The maximum Gasteiger partial charge on any atom is 0.0780 e. The molecule has 0 aliphatic rings. The van der Waals surface area contributed by atoms with Crippen molar-refractivity contribution in [2.75, 3.05) is 47.0 Å². The zero-order chi connectivity index (χ0) is 15.9. The molecule has 1 aromatic rings. The Bertz CT molecular complexity index is 427. The molecule has 21 heavy (non-hydrogen) atoms. The van der Waals surface area contributed by atoms with Gasteiger partial charge in [-0.1, -0.05) is 6.07 Å². The van der Waals surface area contributed by atoms with E-state index in [2.05, 4.69) is 33.1 Å². The van der Waals surface area contributed by atoms with Gasteiger partial charge in [-0.2, -0.15) is 0 Å². The van der Waals surface area contributed by atoms with Crippen LogP contribution in [0.15, 0.2) is 18.2 Å². The molecule has 4 heteroatoms. The highest BCUT2D eigenvalue weighted by Gasteiger charge is 2.08. The second-order valence-corrected chi connectivity index (χ2v) is 7.00. The molecule has 0 fully saturated rings. The van der Waals surface area contributed by atoms with Crippen molar-refractivity contribution in [2.45, 2.75) is 32.4 Å². The van der Waals surface area contributed by atoms with Crippen LogP contribution in [0.3, 0.4) is 0 Å². The van der Waals surface area contributed by atoms with E-state index in [9.17, 15) is 5.11 Å². The smallest absolute Gasteiger partial charge is 0.0780 e. The molecule has 1 aromatic carbocycles. The molecule has 0 aromatic heterocycles. The summed E-state index contributed by atoms with van der Waals surface area (Å²) in [5.41, 5.74) is 8.70. The molecule has 1 rings (SSSR count). The van der Waals surface area contributed by atoms with Crippen LogP contribution in [-0.4, -0.2) is 55.8 Å². The van der Waals surface area contributed by atoms with Crippen LogP contribution in [0, 0.1) is 0 Å². The molecule has 0 atom stereocenters. The van der Waals surface area contributed by atoms with E-state index >= 15 is 0 Å². The number of anilines is 1. The molecule has 0 bridgehead atoms. The molecule has 4 nitrogen and oxygen atoms in total. The number of nitrogens with two attached hydrogens (primary N) is 1. The third kappa shape index (κ3) is 7.46. The number of hydrogen-bond acceptors (Lipinski definition) is 3. The van der Waals surface area contributed by atoms with E-state index < -0.39 is 0 Å². The first-order valence-electron chi connectivity index (χ1n) is 7.79. The molecule has 0 amide bonds. The van der Waals surface area contributed by atoms with Gasteiger partial charge in [0.15, 0.2) is 0 Å². The Labute approximate surface area is 129 Å². The number of benzene rings is 1. The maximum absolute atomic E-state index is 9.38. The number of rotatable bonds is 9. The Kier molecular flexibility index (Phi) is 7.15. The fourth-order valence-corrected chi connectivity index (χ4v) is 2.46. The highest BCUT2D eigenvalue weighted by molar-refractivity contribution is 5.44. The Morgan fingerprint density at radius 2 is 1.81 bits per heavy atom. The van der Waals surface area contributed by atoms with Gasteiger partial charge in [-0.15, -0.1) is 0 Å². The number of quaternary nitrogens is 1. The molecule has 0 aliphatic carbocycles. The minimum absolute atomic E-state index is 0.0763. The summed E-state index contributed by atoms with van der Waals surface area (Å²) in [6.45, 7) is 3.23. The van der Waals surface area contributed by atoms with Crippen molar-refractivity contribution in [1.29, 1.82) is 0 Å². The normalized spacial score (nSPS) is 12.1. The lowest BCUT2D eigenvalue weighted by Gasteiger charge is -2.24. The van der Waals surface area contributed by atoms with Crippen LogP contribution in [0.5, 0.6) is 0 Å². The fraction of sp³-hybridized carbons (Fsp3) is 0.647. The fourth-order valence-electron chi connectivity index (χ4n) is 2.46. The first kappa shape index (κ1) is 18.0. The summed E-state index contributed by atoms with van der Waals surface area (Å²) < 4.78 is 1.04. The lowest BCUT2D eigenvalue weighted by Crippen LogP contribution is -2.35. The average Bonchev–Trinajstić information content (AvgIpc) is 2.37. The van der Waals surface area contributed by atoms with Crippen LogP contribution in [-0.2, 0) is 13.2 Å². The predicted octanol–water partition coefficient (Wildman–Crippen LogP) is 2.07. The minimum Gasteiger partial charge on any atom is -0.399 e. The monoisotopic (exact) mass is 294 g/mol. The molecule has 0 saturated heterocycles. The molecule has 3 N–H and O–H groups in total. The maximum atomic E-state index is 9.38. The number of aliphatic hydroxyl groups excluding tert-OH is 1. The zero-order valence-electron chi connectivity index (χ0n) is 14.1. The molecule has 0 saturated carbocycles. The lowest BCUT2D eigenvalue weighted by molar-refractivity contribution is -0.870. The van der Waals surface area contributed by atoms with E-state index in [0.29, 0.717) is 0 Å². The summed E-state index contributed by atoms with van der Waals surface area (Å²) >= 11 is 0. The van der Waals surface area contributed by atoms with Gasteiger partial charge in [0.05, 0.1) is 34.3 Å². The van der Waals surface area contributed by atoms with E-state index in [-0.39, 0.29) is 6.61 Å². The van der Waals surface area contributed by atoms with Crippen molar-refractivity contribution in [3.63, 3.8) is 0 Å². The van der Waals surface area contributed by atoms with Crippen molar-refractivity contribution in [3.05, 3.63) is 29.3 Å². The van der Waals surface area contributed by atoms with Crippen molar-refractivity contribution in [2.24, 2.45) is 0 Å². The van der Waals surface area contributed by atoms with Crippen LogP contribution < -0.4 is 5.73 Å². The SMILES string of the molecule is CN(CCCCC[N+](C)(C)C)Cc1cc(N)ccc1CO. The average molecular weight is 294 g/mol. The lowest BCUT2D eigenvalue weighted by atomic mass is 10.1. The van der Waals surface area contributed by atoms with Gasteiger partial charge in [-0.05, 0) is 56.1 Å². The standard InChI is InChI=1S/C17H32N3O/c1-19(10-6-5-7-11-20(2,3)4)13-16-12-17(18)9-8-15(16)14-21/h8-9,12,21H,5-7,10-11,13-14,18H2,1-4H3/q+1. The van der Waals surface area contributed by atoms with Crippen molar-refractivity contribution in [3.8, 4) is 0 Å². The Morgan fingerprint density at radius 3 is 2.43 bits per heavy atom. The van der Waals surface area contributed by atoms with Crippen molar-refractivity contribution < 1.29 is 9.59 Å². The summed E-state index contributed by atoms with van der Waals surface area (Å²) in [6.07, 6.45) is 3.76. The van der Waals surface area contributed by atoms with E-state index in [0.717, 1.165) is 34.4 Å². The van der Waals surface area contributed by atoms with E-state index in [1.165, 1.54) is 25.8 Å². The second kappa shape index (κ2) is 8.37.